The molecule has 8 nitrogen and oxygen atoms in total. The monoisotopic (exact) mass is 353 g/mol. The van der Waals surface area contributed by atoms with Gasteiger partial charge in [0, 0.05) is 0 Å². The molecule has 1 aliphatic carbocycles. The van der Waals surface area contributed by atoms with E-state index >= 15 is 0 Å². The number of carbonyl (C=O) groups is 2. The molecule has 25 heavy (non-hydrogen) atoms. The van der Waals surface area contributed by atoms with E-state index in [1.54, 1.807) is 32.4 Å². The van der Waals surface area contributed by atoms with Crippen molar-refractivity contribution in [1.82, 2.24) is 15.1 Å². The van der Waals surface area contributed by atoms with Crippen LogP contribution in [0.1, 0.15) is 63.4 Å². The van der Waals surface area contributed by atoms with Crippen molar-refractivity contribution in [2.24, 2.45) is 0 Å². The molecule has 1 saturated carbocycles. The predicted octanol–water partition coefficient (Wildman–Crippen LogP) is 2.69. The van der Waals surface area contributed by atoms with Gasteiger partial charge in [0.05, 0.1) is 25.4 Å². The van der Waals surface area contributed by atoms with Crippen molar-refractivity contribution in [2.75, 3.05) is 19.8 Å². The van der Waals surface area contributed by atoms with Gasteiger partial charge in [-0.1, -0.05) is 0 Å². The first-order chi connectivity index (χ1) is 11.8. The molecule has 1 amide bonds. The maximum atomic E-state index is 12.1. The van der Waals surface area contributed by atoms with Crippen molar-refractivity contribution in [3.63, 3.8) is 0 Å². The minimum Gasteiger partial charge on any atom is -0.475 e. The summed E-state index contributed by atoms with van der Waals surface area (Å²) in [6.07, 6.45) is 4.13. The second kappa shape index (κ2) is 8.22. The van der Waals surface area contributed by atoms with Crippen LogP contribution in [0.15, 0.2) is 6.20 Å². The molecule has 1 aromatic heterocycles. The van der Waals surface area contributed by atoms with E-state index < -0.39 is 17.7 Å². The normalized spacial score (nSPS) is 14.6. The molecule has 0 bridgehead atoms. The number of aromatic nitrogens is 2. The fourth-order valence-electron chi connectivity index (χ4n) is 2.35. The van der Waals surface area contributed by atoms with E-state index in [0.29, 0.717) is 11.4 Å². The zero-order chi connectivity index (χ0) is 18.4. The van der Waals surface area contributed by atoms with Gasteiger partial charge in [0.25, 0.3) is 0 Å². The summed E-state index contributed by atoms with van der Waals surface area (Å²) in [5, 5.41) is 6.90. The molecule has 140 valence electrons. The van der Waals surface area contributed by atoms with Crippen molar-refractivity contribution in [3.05, 3.63) is 11.8 Å². The Morgan fingerprint density at radius 2 is 2.08 bits per heavy atom. The van der Waals surface area contributed by atoms with Crippen molar-refractivity contribution in [1.29, 1.82) is 0 Å². The lowest BCUT2D eigenvalue weighted by atomic mass is 9.93. The molecule has 0 spiro atoms. The van der Waals surface area contributed by atoms with E-state index in [4.69, 9.17) is 14.2 Å². The average Bonchev–Trinajstić information content (AvgIpc) is 2.84. The molecule has 0 atom stereocenters. The molecular formula is C17H27N3O5. The van der Waals surface area contributed by atoms with Gasteiger partial charge in [-0.15, -0.1) is 0 Å². The molecule has 0 aliphatic heterocycles. The zero-order valence-corrected chi connectivity index (χ0v) is 15.3. The molecule has 1 heterocycles. The van der Waals surface area contributed by atoms with Gasteiger partial charge in [-0.3, -0.25) is 0 Å². The Morgan fingerprint density at radius 1 is 1.36 bits per heavy atom. The Balaban J connectivity index is 1.94. The Hall–Kier alpha value is -2.25. The van der Waals surface area contributed by atoms with Gasteiger partial charge in [0.2, 0.25) is 5.88 Å². The molecule has 1 N–H and O–H groups in total. The molecule has 0 radical (unpaired) electrons. The number of carbonyl (C=O) groups excluding carboxylic acids is 2. The highest BCUT2D eigenvalue weighted by Crippen LogP contribution is 2.35. The fourth-order valence-corrected chi connectivity index (χ4v) is 2.35. The summed E-state index contributed by atoms with van der Waals surface area (Å²) in [5.74, 6) is -0.0580. The van der Waals surface area contributed by atoms with Crippen LogP contribution in [0.4, 0.5) is 4.79 Å². The third kappa shape index (κ3) is 5.37. The Kier molecular flexibility index (Phi) is 6.27. The second-order valence-electron chi connectivity index (χ2n) is 6.89. The Morgan fingerprint density at radius 3 is 2.64 bits per heavy atom. The number of esters is 1. The van der Waals surface area contributed by atoms with Crippen LogP contribution >= 0.6 is 0 Å². The maximum absolute atomic E-state index is 12.1. The largest absolute Gasteiger partial charge is 0.475 e. The van der Waals surface area contributed by atoms with Gasteiger partial charge < -0.3 is 19.5 Å². The quantitative estimate of drug-likeness (QED) is 0.598. The summed E-state index contributed by atoms with van der Waals surface area (Å²) in [4.78, 5) is 23.7. The molecular weight excluding hydrogens is 326 g/mol. The van der Waals surface area contributed by atoms with Gasteiger partial charge in [-0.2, -0.15) is 5.10 Å². The van der Waals surface area contributed by atoms with Crippen LogP contribution in [0.2, 0.25) is 0 Å². The lowest BCUT2D eigenvalue weighted by molar-refractivity contribution is 0.0499. The van der Waals surface area contributed by atoms with Crippen LogP contribution in [0.3, 0.4) is 0 Å². The van der Waals surface area contributed by atoms with Gasteiger partial charge >= 0.3 is 12.1 Å². The van der Waals surface area contributed by atoms with E-state index in [9.17, 15) is 9.59 Å². The number of amides is 1. The van der Waals surface area contributed by atoms with Crippen molar-refractivity contribution >= 4 is 12.1 Å². The average molecular weight is 353 g/mol. The van der Waals surface area contributed by atoms with Crippen molar-refractivity contribution in [3.8, 4) is 5.88 Å². The summed E-state index contributed by atoms with van der Waals surface area (Å²) in [6.45, 7) is 7.88. The zero-order valence-electron chi connectivity index (χ0n) is 15.3. The summed E-state index contributed by atoms with van der Waals surface area (Å²) >= 11 is 0. The number of nitrogens with one attached hydrogen (secondary N) is 1. The minimum atomic E-state index is -0.551. The summed E-state index contributed by atoms with van der Waals surface area (Å²) in [5.41, 5.74) is -0.240. The number of ether oxygens (including phenoxy) is 3. The smallest absolute Gasteiger partial charge is 0.407 e. The van der Waals surface area contributed by atoms with Crippen LogP contribution in [-0.2, 0) is 9.47 Å². The first kappa shape index (κ1) is 19.1. The molecule has 1 aliphatic rings. The van der Waals surface area contributed by atoms with Gasteiger partial charge in [-0.25, -0.2) is 14.3 Å². The molecule has 0 saturated heterocycles. The summed E-state index contributed by atoms with van der Waals surface area (Å²) < 4.78 is 17.7. The van der Waals surface area contributed by atoms with E-state index in [2.05, 4.69) is 10.4 Å². The lowest BCUT2D eigenvalue weighted by Gasteiger charge is -2.27. The topological polar surface area (TPSA) is 91.7 Å². The van der Waals surface area contributed by atoms with E-state index in [1.807, 2.05) is 0 Å². The van der Waals surface area contributed by atoms with Gasteiger partial charge in [-0.05, 0) is 47.0 Å². The first-order valence-corrected chi connectivity index (χ1v) is 8.66. The number of hydrogen-bond acceptors (Lipinski definition) is 6. The summed E-state index contributed by atoms with van der Waals surface area (Å²) in [6, 6.07) is 0.247. The van der Waals surface area contributed by atoms with Crippen LogP contribution in [0.25, 0.3) is 0 Å². The van der Waals surface area contributed by atoms with Gasteiger partial charge in [0.15, 0.2) is 0 Å². The molecule has 1 fully saturated rings. The Labute approximate surface area is 147 Å². The maximum Gasteiger partial charge on any atom is 0.407 e. The molecule has 2 rings (SSSR count). The highest BCUT2D eigenvalue weighted by molar-refractivity contribution is 5.91. The first-order valence-electron chi connectivity index (χ1n) is 8.66. The third-order valence-corrected chi connectivity index (χ3v) is 3.67. The minimum absolute atomic E-state index is 0.198. The second-order valence-corrected chi connectivity index (χ2v) is 6.89. The highest BCUT2D eigenvalue weighted by Gasteiger charge is 2.28. The number of nitrogens with zero attached hydrogens (tertiary/aromatic N) is 2. The standard InChI is InChI=1S/C17H27N3O5/c1-5-23-15(21)13-11-19-20(12-7-6-8-12)14(13)24-10-9-18-16(22)25-17(2,3)4/h11-12H,5-10H2,1-4H3,(H,18,22). The van der Waals surface area contributed by atoms with Crippen LogP contribution in [0, 0.1) is 0 Å². The SMILES string of the molecule is CCOC(=O)c1cnn(C2CCC2)c1OCCNC(=O)OC(C)(C)C. The predicted molar refractivity (Wildman–Crippen MR) is 90.8 cm³/mol. The van der Waals surface area contributed by atoms with Crippen LogP contribution in [-0.4, -0.2) is 47.2 Å². The van der Waals surface area contributed by atoms with Crippen LogP contribution in [0.5, 0.6) is 5.88 Å². The number of alkyl carbamates (subject to hydrolysis) is 1. The molecule has 0 aromatic carbocycles. The fraction of sp³-hybridized carbons (Fsp3) is 0.706. The highest BCUT2D eigenvalue weighted by atomic mass is 16.6. The van der Waals surface area contributed by atoms with Crippen molar-refractivity contribution < 1.29 is 23.8 Å². The Bertz CT molecular complexity index is 602. The van der Waals surface area contributed by atoms with E-state index in [1.165, 1.54) is 6.20 Å². The van der Waals surface area contributed by atoms with E-state index in [-0.39, 0.29) is 25.8 Å². The third-order valence-electron chi connectivity index (χ3n) is 3.67. The van der Waals surface area contributed by atoms with E-state index in [0.717, 1.165) is 19.3 Å². The molecule has 0 unspecified atom stereocenters. The molecule has 8 heteroatoms. The lowest BCUT2D eigenvalue weighted by Crippen LogP contribution is -2.35. The van der Waals surface area contributed by atoms with Crippen molar-refractivity contribution in [2.45, 2.75) is 58.6 Å². The molecule has 1 aromatic rings. The number of hydrogen-bond donors (Lipinski definition) is 1. The number of rotatable bonds is 7. The van der Waals surface area contributed by atoms with Crippen LogP contribution < -0.4 is 10.1 Å². The van der Waals surface area contributed by atoms with Gasteiger partial charge in [0.1, 0.15) is 17.8 Å². The summed E-state index contributed by atoms with van der Waals surface area (Å²) in [7, 11) is 0.